The summed E-state index contributed by atoms with van der Waals surface area (Å²) in [7, 11) is -4.69. The minimum atomic E-state index is -4.69. The van der Waals surface area contributed by atoms with Crippen LogP contribution < -0.4 is 14.0 Å². The van der Waals surface area contributed by atoms with E-state index in [9.17, 15) is 0 Å². The summed E-state index contributed by atoms with van der Waals surface area (Å²) >= 11 is 0. The van der Waals surface area contributed by atoms with Gasteiger partial charge >= 0.3 is 0 Å². The third-order valence-corrected chi connectivity index (χ3v) is 0. The standard InChI is InChI=1S/ClHO4.HI.Li/c2-1(3,4)5;;/h(H,2,3,4,5);1H;. The molecule has 0 aliphatic heterocycles. The van der Waals surface area contributed by atoms with Crippen molar-refractivity contribution in [3.05, 3.63) is 0 Å². The van der Waals surface area contributed by atoms with Crippen LogP contribution in [0.1, 0.15) is 0 Å². The maximum atomic E-state index is 8.60. The second-order valence-corrected chi connectivity index (χ2v) is 1.19. The maximum absolute atomic E-state index is 8.60. The third kappa shape index (κ3) is 105. The Morgan fingerprint density at radius 3 is 1.14 bits per heavy atom. The quantitative estimate of drug-likeness (QED) is 0.343. The molecule has 1 N–H and O–H groups in total. The molecule has 0 aromatic carbocycles. The Morgan fingerprint density at radius 2 is 1.14 bits per heavy atom. The molecule has 0 atom stereocenters. The van der Waals surface area contributed by atoms with Gasteiger partial charge in [0, 0.05) is 18.9 Å². The molecule has 41 valence electrons. The van der Waals surface area contributed by atoms with Crippen LogP contribution in [0.5, 0.6) is 0 Å². The van der Waals surface area contributed by atoms with Crippen molar-refractivity contribution in [1.29, 1.82) is 0 Å². The second kappa shape index (κ2) is 5.59. The van der Waals surface area contributed by atoms with Crippen molar-refractivity contribution in [2.75, 3.05) is 0 Å². The van der Waals surface area contributed by atoms with E-state index in [1.54, 1.807) is 0 Å². The molecule has 7 heteroatoms. The first-order valence-electron chi connectivity index (χ1n) is 0.632. The van der Waals surface area contributed by atoms with Gasteiger partial charge in [0.2, 0.25) is 0 Å². The fourth-order valence-electron chi connectivity index (χ4n) is 0. The largest absolute Gasteiger partial charge is 0.183 e. The van der Waals surface area contributed by atoms with Crippen LogP contribution in [0, 0.1) is 10.2 Å². The van der Waals surface area contributed by atoms with Crippen LogP contribution in [0.4, 0.5) is 0 Å². The summed E-state index contributed by atoms with van der Waals surface area (Å²) in [4.78, 5) is 0. The first kappa shape index (κ1) is 15.8. The molecule has 0 amide bonds. The van der Waals surface area contributed by atoms with Crippen LogP contribution in [0.25, 0.3) is 0 Å². The predicted octanol–water partition coefficient (Wildman–Crippen LogP) is -3.89. The van der Waals surface area contributed by atoms with Crippen LogP contribution in [0.3, 0.4) is 0 Å². The van der Waals surface area contributed by atoms with Gasteiger partial charge in [0.25, 0.3) is 0 Å². The van der Waals surface area contributed by atoms with E-state index in [-0.39, 0.29) is 42.8 Å². The fourth-order valence-corrected chi connectivity index (χ4v) is 0. The average Bonchev–Trinajstić information content (AvgIpc) is 0.722. The topological polar surface area (TPSA) is 89.4 Å². The van der Waals surface area contributed by atoms with Crippen LogP contribution in [0.2, 0.25) is 0 Å². The Balaban J connectivity index is -0.0000000800. The van der Waals surface area contributed by atoms with Crippen molar-refractivity contribution in [3.63, 3.8) is 0 Å². The van der Waals surface area contributed by atoms with Gasteiger partial charge in [-0.15, -0.1) is 24.0 Å². The van der Waals surface area contributed by atoms with E-state index >= 15 is 0 Å². The summed E-state index contributed by atoms with van der Waals surface area (Å²) in [5, 5.41) is 0. The summed E-state index contributed by atoms with van der Waals surface area (Å²) in [5.41, 5.74) is 0. The summed E-state index contributed by atoms with van der Waals surface area (Å²) in [6.07, 6.45) is 0. The van der Waals surface area contributed by atoms with E-state index in [0.29, 0.717) is 0 Å². The van der Waals surface area contributed by atoms with E-state index in [0.717, 1.165) is 0 Å². The Morgan fingerprint density at radius 1 is 1.14 bits per heavy atom. The molecule has 1 radical (unpaired) electrons. The average molecular weight is 235 g/mol. The van der Waals surface area contributed by atoms with Crippen molar-refractivity contribution in [3.8, 4) is 0 Å². The molecule has 0 unspecified atom stereocenters. The van der Waals surface area contributed by atoms with Crippen molar-refractivity contribution in [2.24, 2.45) is 0 Å². The first-order valence-corrected chi connectivity index (χ1v) is 1.90. The smallest absolute Gasteiger partial charge is 0.0777 e. The molecule has 0 aromatic rings. The summed E-state index contributed by atoms with van der Waals surface area (Å²) in [5.74, 6) is 0. The van der Waals surface area contributed by atoms with Gasteiger partial charge in [-0.05, 0) is 0 Å². The molecule has 0 aliphatic carbocycles. The summed E-state index contributed by atoms with van der Waals surface area (Å²) in [6, 6.07) is 0. The molecule has 0 heterocycles. The van der Waals surface area contributed by atoms with Gasteiger partial charge in [-0.1, -0.05) is 0 Å². The number of hydrogen-bond acceptors (Lipinski definition) is 4. The van der Waals surface area contributed by atoms with Gasteiger partial charge in [0.05, 0.1) is 14.9 Å². The second-order valence-electron chi connectivity index (χ2n) is 0.396. The van der Waals surface area contributed by atoms with E-state index in [1.165, 1.54) is 0 Å². The van der Waals surface area contributed by atoms with Crippen LogP contribution >= 0.6 is 24.0 Å². The maximum Gasteiger partial charge on any atom is 0.0777 e. The fraction of sp³-hybridized carbons (Fsp3) is 0. The van der Waals surface area contributed by atoms with Crippen molar-refractivity contribution < 1.29 is 28.9 Å². The molecule has 4 nitrogen and oxygen atoms in total. The zero-order chi connectivity index (χ0) is 4.50. The van der Waals surface area contributed by atoms with Gasteiger partial charge in [0.15, 0.2) is 0 Å². The van der Waals surface area contributed by atoms with Crippen molar-refractivity contribution >= 4 is 42.8 Å². The first-order chi connectivity index (χ1) is 2.00. The molecule has 7 heavy (non-hydrogen) atoms. The molecular formula is H2ClILiO4. The number of hydrogen-bond donors (Lipinski definition) is 1. The minimum Gasteiger partial charge on any atom is -0.183 e. The molecule has 0 fully saturated rings. The molecule has 0 rings (SSSR count). The molecule has 0 saturated heterocycles. The molecule has 0 aliphatic rings. The Hall–Kier alpha value is 1.46. The van der Waals surface area contributed by atoms with Gasteiger partial charge in [-0.2, -0.15) is 14.0 Å². The van der Waals surface area contributed by atoms with E-state index in [4.69, 9.17) is 18.6 Å². The normalized spacial score (nSPS) is 8.57. The zero-order valence-corrected chi connectivity index (χ0v) is 6.54. The number of halogens is 2. The molecule has 0 spiro atoms. The van der Waals surface area contributed by atoms with Gasteiger partial charge in [-0.3, -0.25) is 0 Å². The van der Waals surface area contributed by atoms with E-state index in [2.05, 4.69) is 0 Å². The van der Waals surface area contributed by atoms with Crippen LogP contribution in [-0.2, 0) is 0 Å². The monoisotopic (exact) mass is 235 g/mol. The van der Waals surface area contributed by atoms with E-state index in [1.807, 2.05) is 0 Å². The molecule has 0 aromatic heterocycles. The zero-order valence-electron chi connectivity index (χ0n) is 3.46. The SMILES string of the molecule is I.[Li].[O-][Cl+3]([O-])([O-])O. The van der Waals surface area contributed by atoms with Crippen molar-refractivity contribution in [2.45, 2.75) is 0 Å². The number of rotatable bonds is 0. The summed E-state index contributed by atoms with van der Waals surface area (Å²) in [6.45, 7) is 0. The molecular weight excluding hydrogens is 233 g/mol. The predicted molar refractivity (Wildman–Crippen MR) is 23.4 cm³/mol. The van der Waals surface area contributed by atoms with Crippen LogP contribution in [0.15, 0.2) is 0 Å². The van der Waals surface area contributed by atoms with Gasteiger partial charge in [-0.25, -0.2) is 0 Å². The van der Waals surface area contributed by atoms with Gasteiger partial charge < -0.3 is 0 Å². The molecule has 0 saturated carbocycles. The minimum absolute atomic E-state index is 0. The van der Waals surface area contributed by atoms with Crippen molar-refractivity contribution in [1.82, 2.24) is 0 Å². The third-order valence-electron chi connectivity index (χ3n) is 0. The Kier molecular flexibility index (Phi) is 12.6. The Bertz CT molecular complexity index is 27.2. The van der Waals surface area contributed by atoms with Crippen LogP contribution in [-0.4, -0.2) is 23.5 Å². The Labute approximate surface area is 71.5 Å². The summed E-state index contributed by atoms with van der Waals surface area (Å²) < 4.78 is 32.7. The molecule has 0 bridgehead atoms. The van der Waals surface area contributed by atoms with Gasteiger partial charge in [0.1, 0.15) is 0 Å². The van der Waals surface area contributed by atoms with E-state index < -0.39 is 10.2 Å².